The van der Waals surface area contributed by atoms with Crippen LogP contribution >= 0.6 is 0 Å². The number of rotatable bonds is 5. The van der Waals surface area contributed by atoms with Gasteiger partial charge in [-0.2, -0.15) is 0 Å². The Morgan fingerprint density at radius 1 is 1.23 bits per heavy atom. The molecule has 3 heterocycles. The molecule has 190 valence electrons. The summed E-state index contributed by atoms with van der Waals surface area (Å²) < 4.78 is 13.2. The van der Waals surface area contributed by atoms with E-state index in [1.165, 1.54) is 19.1 Å². The van der Waals surface area contributed by atoms with Crippen molar-refractivity contribution >= 4 is 23.1 Å². The van der Waals surface area contributed by atoms with Crippen molar-refractivity contribution < 1.29 is 24.2 Å². The van der Waals surface area contributed by atoms with Crippen molar-refractivity contribution in [2.45, 2.75) is 76.8 Å². The molecule has 35 heavy (non-hydrogen) atoms. The monoisotopic (exact) mass is 483 g/mol. The second-order valence-corrected chi connectivity index (χ2v) is 10.6. The summed E-state index contributed by atoms with van der Waals surface area (Å²) in [7, 11) is 1.43. The van der Waals surface area contributed by atoms with Gasteiger partial charge in [0.05, 0.1) is 30.6 Å². The number of hydrogen-bond acceptors (Lipinski definition) is 5. The average Bonchev–Trinajstić information content (AvgIpc) is 3.29. The number of imidazole rings is 1. The molecule has 1 aliphatic carbocycles. The van der Waals surface area contributed by atoms with Crippen LogP contribution in [0.1, 0.15) is 80.8 Å². The first kappa shape index (κ1) is 24.1. The largest absolute Gasteiger partial charge is 0.481 e. The van der Waals surface area contributed by atoms with Crippen LogP contribution in [0, 0.1) is 11.8 Å². The van der Waals surface area contributed by atoms with Crippen LogP contribution in [0.5, 0.6) is 0 Å². The maximum atomic E-state index is 12.3. The summed E-state index contributed by atoms with van der Waals surface area (Å²) in [6.45, 7) is 5.12. The highest BCUT2D eigenvalue weighted by Gasteiger charge is 2.33. The maximum absolute atomic E-state index is 12.3. The number of methoxy groups -OCH3 is 1. The third kappa shape index (κ3) is 4.77. The molecule has 1 amide bonds. The van der Waals surface area contributed by atoms with Crippen molar-refractivity contribution in [1.29, 1.82) is 0 Å². The van der Waals surface area contributed by atoms with Crippen LogP contribution in [0.4, 0.5) is 4.79 Å². The second-order valence-electron chi connectivity index (χ2n) is 10.6. The summed E-state index contributed by atoms with van der Waals surface area (Å²) in [5.74, 6) is 0.941. The van der Waals surface area contributed by atoms with E-state index >= 15 is 0 Å². The Kier molecular flexibility index (Phi) is 7.00. The fourth-order valence-corrected chi connectivity index (χ4v) is 6.43. The number of ether oxygens (including phenoxy) is 2. The lowest BCUT2D eigenvalue weighted by Crippen LogP contribution is -2.35. The van der Waals surface area contributed by atoms with Gasteiger partial charge in [-0.15, -0.1) is 0 Å². The number of carbonyl (C=O) groups is 2. The van der Waals surface area contributed by atoms with E-state index in [1.807, 2.05) is 0 Å². The number of aromatic nitrogens is 2. The van der Waals surface area contributed by atoms with E-state index in [0.717, 1.165) is 67.7 Å². The Morgan fingerprint density at radius 3 is 2.71 bits per heavy atom. The number of benzene rings is 1. The average molecular weight is 484 g/mol. The summed E-state index contributed by atoms with van der Waals surface area (Å²) in [6, 6.07) is 4.67. The minimum Gasteiger partial charge on any atom is -0.481 e. The summed E-state index contributed by atoms with van der Waals surface area (Å²) >= 11 is 0. The van der Waals surface area contributed by atoms with Gasteiger partial charge < -0.3 is 24.0 Å². The zero-order valence-electron chi connectivity index (χ0n) is 20.9. The standard InChI is InChI=1S/C27H37N3O5/c1-17(14-18-4-3-13-35-16-18)30-23-10-9-19-11-12-29(27(33)34-2)15-22(19)24(23)28-25(30)20-5-7-21(8-6-20)26(31)32/h9-10,17-18,20-21H,3-8,11-16H2,1-2H3,(H,31,32)/t17-,18-,20-,21-/m1/s1. The molecule has 2 aromatic rings. The smallest absolute Gasteiger partial charge is 0.409 e. The number of amides is 1. The lowest BCUT2D eigenvalue weighted by molar-refractivity contribution is -0.142. The summed E-state index contributed by atoms with van der Waals surface area (Å²) in [4.78, 5) is 30.8. The molecule has 1 aromatic carbocycles. The third-order valence-electron chi connectivity index (χ3n) is 8.34. The van der Waals surface area contributed by atoms with E-state index in [2.05, 4.69) is 23.6 Å². The fraction of sp³-hybridized carbons (Fsp3) is 0.667. The highest BCUT2D eigenvalue weighted by atomic mass is 16.5. The van der Waals surface area contributed by atoms with Crippen LogP contribution in [0.3, 0.4) is 0 Å². The molecule has 2 aliphatic heterocycles. The van der Waals surface area contributed by atoms with Crippen LogP contribution in [0.2, 0.25) is 0 Å². The Morgan fingerprint density at radius 2 is 2.03 bits per heavy atom. The Bertz CT molecular complexity index is 1080. The first-order valence-corrected chi connectivity index (χ1v) is 13.1. The van der Waals surface area contributed by atoms with Gasteiger partial charge in [0.15, 0.2) is 0 Å². The molecular weight excluding hydrogens is 446 g/mol. The van der Waals surface area contributed by atoms with Crippen LogP contribution < -0.4 is 0 Å². The van der Waals surface area contributed by atoms with Gasteiger partial charge in [-0.1, -0.05) is 6.07 Å². The molecular formula is C27H37N3O5. The normalized spacial score (nSPS) is 25.8. The molecule has 2 fully saturated rings. The molecule has 1 N–H and O–H groups in total. The Hall–Kier alpha value is -2.61. The van der Waals surface area contributed by atoms with Crippen molar-refractivity contribution in [1.82, 2.24) is 14.5 Å². The Balaban J connectivity index is 1.52. The quantitative estimate of drug-likeness (QED) is 0.650. The van der Waals surface area contributed by atoms with Crippen LogP contribution in [-0.2, 0) is 27.2 Å². The number of hydrogen-bond donors (Lipinski definition) is 1. The predicted molar refractivity (Wildman–Crippen MR) is 131 cm³/mol. The van der Waals surface area contributed by atoms with Gasteiger partial charge in [-0.25, -0.2) is 9.78 Å². The lowest BCUT2D eigenvalue weighted by Gasteiger charge is -2.30. The van der Waals surface area contributed by atoms with Gasteiger partial charge >= 0.3 is 12.1 Å². The number of carboxylic acid groups (broad SMARTS) is 1. The van der Waals surface area contributed by atoms with E-state index in [4.69, 9.17) is 14.5 Å². The summed E-state index contributed by atoms with van der Waals surface area (Å²) in [6.07, 6.45) is 6.92. The van der Waals surface area contributed by atoms with E-state index < -0.39 is 5.97 Å². The number of carbonyl (C=O) groups excluding carboxylic acids is 1. The third-order valence-corrected chi connectivity index (χ3v) is 8.34. The van der Waals surface area contributed by atoms with Gasteiger partial charge in [0.2, 0.25) is 0 Å². The number of aliphatic carboxylic acids is 1. The van der Waals surface area contributed by atoms with Crippen molar-refractivity contribution in [2.75, 3.05) is 26.9 Å². The van der Waals surface area contributed by atoms with Crippen LogP contribution in [0.15, 0.2) is 12.1 Å². The van der Waals surface area contributed by atoms with Gasteiger partial charge in [-0.3, -0.25) is 4.79 Å². The molecule has 1 aromatic heterocycles. The molecule has 2 atom stereocenters. The predicted octanol–water partition coefficient (Wildman–Crippen LogP) is 4.90. The Labute approximate surface area is 206 Å². The number of carboxylic acids is 1. The molecule has 8 heteroatoms. The topological polar surface area (TPSA) is 93.9 Å². The van der Waals surface area contributed by atoms with Gasteiger partial charge in [0.25, 0.3) is 0 Å². The highest BCUT2D eigenvalue weighted by Crippen LogP contribution is 2.40. The van der Waals surface area contributed by atoms with Gasteiger partial charge in [0, 0.05) is 37.3 Å². The molecule has 0 spiro atoms. The first-order valence-electron chi connectivity index (χ1n) is 13.1. The van der Waals surface area contributed by atoms with E-state index in [-0.39, 0.29) is 24.0 Å². The van der Waals surface area contributed by atoms with E-state index in [9.17, 15) is 14.7 Å². The van der Waals surface area contributed by atoms with Crippen molar-refractivity contribution in [3.05, 3.63) is 29.1 Å². The van der Waals surface area contributed by atoms with E-state index in [0.29, 0.717) is 31.8 Å². The molecule has 0 bridgehead atoms. The van der Waals surface area contributed by atoms with E-state index in [1.54, 1.807) is 4.90 Å². The van der Waals surface area contributed by atoms with Gasteiger partial charge in [-0.05, 0) is 75.8 Å². The number of nitrogens with zero attached hydrogens (tertiary/aromatic N) is 3. The molecule has 1 saturated heterocycles. The minimum atomic E-state index is -0.681. The zero-order valence-corrected chi connectivity index (χ0v) is 20.9. The van der Waals surface area contributed by atoms with Crippen molar-refractivity contribution in [3.8, 4) is 0 Å². The summed E-state index contributed by atoms with van der Waals surface area (Å²) in [5.41, 5.74) is 4.47. The molecule has 5 rings (SSSR count). The zero-order chi connectivity index (χ0) is 24.5. The van der Waals surface area contributed by atoms with Gasteiger partial charge in [0.1, 0.15) is 5.82 Å². The van der Waals surface area contributed by atoms with Crippen molar-refractivity contribution in [3.63, 3.8) is 0 Å². The molecule has 0 radical (unpaired) electrons. The lowest BCUT2D eigenvalue weighted by atomic mass is 9.81. The molecule has 3 aliphatic rings. The first-order chi connectivity index (χ1) is 17.0. The molecule has 8 nitrogen and oxygen atoms in total. The molecule has 1 saturated carbocycles. The summed E-state index contributed by atoms with van der Waals surface area (Å²) in [5, 5.41) is 9.48. The van der Waals surface area contributed by atoms with Crippen LogP contribution in [-0.4, -0.2) is 58.5 Å². The molecule has 0 unspecified atom stereocenters. The number of fused-ring (bicyclic) bond motifs is 3. The van der Waals surface area contributed by atoms with Crippen LogP contribution in [0.25, 0.3) is 11.0 Å². The van der Waals surface area contributed by atoms with Crippen molar-refractivity contribution in [2.24, 2.45) is 11.8 Å². The minimum absolute atomic E-state index is 0.248. The fourth-order valence-electron chi connectivity index (χ4n) is 6.43. The SMILES string of the molecule is COC(=O)N1CCc2ccc3c(nc([C@H]4CC[C@H](C(=O)O)CC4)n3[C@H](C)C[C@H]3CCCOC3)c2C1. The highest BCUT2D eigenvalue weighted by molar-refractivity contribution is 5.82. The second kappa shape index (κ2) is 10.2. The maximum Gasteiger partial charge on any atom is 0.409 e.